The molecule has 0 atom stereocenters. The highest BCUT2D eigenvalue weighted by atomic mass is 16.3. The second-order valence-electron chi connectivity index (χ2n) is 6.56. The maximum atomic E-state index is 12.0. The summed E-state index contributed by atoms with van der Waals surface area (Å²) in [7, 11) is 0. The van der Waals surface area contributed by atoms with Crippen LogP contribution in [-0.2, 0) is 4.79 Å². The van der Waals surface area contributed by atoms with E-state index in [1.807, 2.05) is 66.9 Å². The van der Waals surface area contributed by atoms with Gasteiger partial charge in [-0.25, -0.2) is 4.68 Å². The summed E-state index contributed by atoms with van der Waals surface area (Å²) in [4.78, 5) is 12.0. The third-order valence-corrected chi connectivity index (χ3v) is 4.47. The number of carbonyl (C=O) groups excluding carboxylic acids is 1. The molecule has 0 aliphatic heterocycles. The van der Waals surface area contributed by atoms with Gasteiger partial charge >= 0.3 is 0 Å². The minimum absolute atomic E-state index is 0.0457. The Labute approximate surface area is 168 Å². The molecule has 0 radical (unpaired) electrons. The molecule has 0 aliphatic carbocycles. The first-order chi connectivity index (χ1) is 14.2. The van der Waals surface area contributed by atoms with E-state index in [2.05, 4.69) is 5.32 Å². The van der Waals surface area contributed by atoms with Crippen LogP contribution in [0.4, 0.5) is 0 Å². The Morgan fingerprint density at radius 1 is 1.14 bits per heavy atom. The summed E-state index contributed by atoms with van der Waals surface area (Å²) in [6, 6.07) is 19.5. The number of fused-ring (bicyclic) bond motifs is 1. The summed E-state index contributed by atoms with van der Waals surface area (Å²) in [6.45, 7) is 0.476. The zero-order chi connectivity index (χ0) is 20.1. The smallest absolute Gasteiger partial charge is 0.244 e. The van der Waals surface area contributed by atoms with E-state index in [1.165, 1.54) is 6.08 Å². The van der Waals surface area contributed by atoms with Gasteiger partial charge in [-0.1, -0.05) is 36.4 Å². The van der Waals surface area contributed by atoms with Gasteiger partial charge in [0.2, 0.25) is 5.91 Å². The van der Waals surface area contributed by atoms with Crippen molar-refractivity contribution in [3.63, 3.8) is 0 Å². The first kappa shape index (κ1) is 18.7. The second kappa shape index (κ2) is 8.58. The van der Waals surface area contributed by atoms with Gasteiger partial charge in [0.15, 0.2) is 5.76 Å². The molecule has 2 N–H and O–H groups in total. The van der Waals surface area contributed by atoms with Crippen LogP contribution >= 0.6 is 0 Å². The van der Waals surface area contributed by atoms with Crippen molar-refractivity contribution >= 4 is 23.0 Å². The van der Waals surface area contributed by atoms with Crippen molar-refractivity contribution in [3.8, 4) is 17.1 Å². The van der Waals surface area contributed by atoms with E-state index in [9.17, 15) is 4.79 Å². The normalized spacial score (nSPS) is 11.3. The van der Waals surface area contributed by atoms with Gasteiger partial charge in [0, 0.05) is 36.4 Å². The number of nitrogens with one attached hydrogen (secondary N) is 1. The van der Waals surface area contributed by atoms with Crippen molar-refractivity contribution in [3.05, 3.63) is 78.5 Å². The lowest BCUT2D eigenvalue weighted by Crippen LogP contribution is -2.22. The van der Waals surface area contributed by atoms with Gasteiger partial charge in [-0.3, -0.25) is 4.79 Å². The molecular formula is C23H21N3O3. The molecule has 0 unspecified atom stereocenters. The van der Waals surface area contributed by atoms with Crippen LogP contribution in [0, 0.1) is 0 Å². The number of furan rings is 1. The van der Waals surface area contributed by atoms with Crippen molar-refractivity contribution in [1.82, 2.24) is 15.1 Å². The molecule has 6 heteroatoms. The molecule has 0 saturated heterocycles. The number of benzene rings is 2. The number of carbonyl (C=O) groups is 1. The Morgan fingerprint density at radius 2 is 1.93 bits per heavy atom. The molecule has 0 bridgehead atoms. The van der Waals surface area contributed by atoms with E-state index < -0.39 is 0 Å². The molecule has 1 amide bonds. The molecular weight excluding hydrogens is 366 g/mol. The zero-order valence-corrected chi connectivity index (χ0v) is 15.8. The van der Waals surface area contributed by atoms with E-state index in [4.69, 9.17) is 14.6 Å². The number of rotatable bonds is 7. The standard InChI is InChI=1S/C23H21N3O3/c27-14-6-13-24-22(28)12-11-18-16-26(19-8-2-1-3-9-19)25-23(18)21-15-17-7-4-5-10-20(17)29-21/h1-5,7-12,15-16,27H,6,13-14H2,(H,24,28)/b12-11+. The summed E-state index contributed by atoms with van der Waals surface area (Å²) in [6.07, 6.45) is 5.59. The SMILES string of the molecule is O=C(/C=C/c1cn(-c2ccccc2)nc1-c1cc2ccccc2o1)NCCCO. The van der Waals surface area contributed by atoms with Crippen LogP contribution in [0.1, 0.15) is 12.0 Å². The van der Waals surface area contributed by atoms with Crippen molar-refractivity contribution in [2.24, 2.45) is 0 Å². The summed E-state index contributed by atoms with van der Waals surface area (Å²) in [5.41, 5.74) is 3.13. The van der Waals surface area contributed by atoms with E-state index >= 15 is 0 Å². The Balaban J connectivity index is 1.70. The molecule has 4 rings (SSSR count). The van der Waals surface area contributed by atoms with Crippen LogP contribution < -0.4 is 5.32 Å². The fourth-order valence-electron chi connectivity index (χ4n) is 3.03. The summed E-state index contributed by atoms with van der Waals surface area (Å²) < 4.78 is 7.76. The van der Waals surface area contributed by atoms with Gasteiger partial charge in [0.1, 0.15) is 11.3 Å². The minimum Gasteiger partial charge on any atom is -0.454 e. The van der Waals surface area contributed by atoms with Crippen molar-refractivity contribution in [2.45, 2.75) is 6.42 Å². The number of hydrogen-bond donors (Lipinski definition) is 2. The minimum atomic E-state index is -0.221. The highest BCUT2D eigenvalue weighted by Gasteiger charge is 2.15. The summed E-state index contributed by atoms with van der Waals surface area (Å²) in [5, 5.41) is 17.3. The van der Waals surface area contributed by atoms with Crippen molar-refractivity contribution in [2.75, 3.05) is 13.2 Å². The lowest BCUT2D eigenvalue weighted by atomic mass is 10.2. The molecule has 2 aromatic carbocycles. The van der Waals surface area contributed by atoms with Crippen LogP contribution in [0.5, 0.6) is 0 Å². The number of nitrogens with zero attached hydrogens (tertiary/aromatic N) is 2. The average Bonchev–Trinajstić information content (AvgIpc) is 3.37. The molecule has 0 fully saturated rings. The fourth-order valence-corrected chi connectivity index (χ4v) is 3.03. The first-order valence-corrected chi connectivity index (χ1v) is 9.45. The molecule has 6 nitrogen and oxygen atoms in total. The topological polar surface area (TPSA) is 80.3 Å². The number of amides is 1. The van der Waals surface area contributed by atoms with Crippen LogP contribution in [0.3, 0.4) is 0 Å². The van der Waals surface area contributed by atoms with Crippen molar-refractivity contribution in [1.29, 1.82) is 0 Å². The number of aliphatic hydroxyl groups is 1. The van der Waals surface area contributed by atoms with E-state index in [0.717, 1.165) is 22.2 Å². The molecule has 4 aromatic rings. The maximum Gasteiger partial charge on any atom is 0.244 e. The lowest BCUT2D eigenvalue weighted by molar-refractivity contribution is -0.116. The second-order valence-corrected chi connectivity index (χ2v) is 6.56. The first-order valence-electron chi connectivity index (χ1n) is 9.45. The third-order valence-electron chi connectivity index (χ3n) is 4.47. The van der Waals surface area contributed by atoms with Crippen molar-refractivity contribution < 1.29 is 14.3 Å². The summed E-state index contributed by atoms with van der Waals surface area (Å²) in [5.74, 6) is 0.419. The molecule has 29 heavy (non-hydrogen) atoms. The predicted molar refractivity (Wildman–Crippen MR) is 113 cm³/mol. The molecule has 2 aromatic heterocycles. The summed E-state index contributed by atoms with van der Waals surface area (Å²) >= 11 is 0. The largest absolute Gasteiger partial charge is 0.454 e. The van der Waals surface area contributed by atoms with E-state index in [1.54, 1.807) is 10.8 Å². The molecule has 0 aliphatic rings. The van der Waals surface area contributed by atoms with Gasteiger partial charge in [-0.05, 0) is 36.8 Å². The number of aliphatic hydroxyl groups excluding tert-OH is 1. The molecule has 0 spiro atoms. The molecule has 146 valence electrons. The monoisotopic (exact) mass is 387 g/mol. The van der Waals surface area contributed by atoms with E-state index in [-0.39, 0.29) is 12.5 Å². The van der Waals surface area contributed by atoms with Gasteiger partial charge < -0.3 is 14.8 Å². The predicted octanol–water partition coefficient (Wildman–Crippen LogP) is 3.80. The highest BCUT2D eigenvalue weighted by molar-refractivity contribution is 5.93. The van der Waals surface area contributed by atoms with Gasteiger partial charge in [0.25, 0.3) is 0 Å². The third kappa shape index (κ3) is 4.28. The number of aromatic nitrogens is 2. The average molecular weight is 387 g/mol. The van der Waals surface area contributed by atoms with Crippen LogP contribution in [0.15, 0.2) is 77.4 Å². The quantitative estimate of drug-likeness (QED) is 0.373. The Bertz CT molecular complexity index is 1110. The molecule has 0 saturated carbocycles. The van der Waals surface area contributed by atoms with Crippen LogP contribution in [0.2, 0.25) is 0 Å². The Hall–Kier alpha value is -3.64. The number of hydrogen-bond acceptors (Lipinski definition) is 4. The lowest BCUT2D eigenvalue weighted by Gasteiger charge is -1.99. The van der Waals surface area contributed by atoms with Gasteiger partial charge in [-0.2, -0.15) is 5.10 Å². The van der Waals surface area contributed by atoms with Crippen LogP contribution in [-0.4, -0.2) is 33.9 Å². The highest BCUT2D eigenvalue weighted by Crippen LogP contribution is 2.30. The zero-order valence-electron chi connectivity index (χ0n) is 15.8. The Kier molecular flexibility index (Phi) is 5.54. The maximum absolute atomic E-state index is 12.0. The van der Waals surface area contributed by atoms with Gasteiger partial charge in [0.05, 0.1) is 5.69 Å². The van der Waals surface area contributed by atoms with Crippen LogP contribution in [0.25, 0.3) is 34.2 Å². The Morgan fingerprint density at radius 3 is 2.72 bits per heavy atom. The van der Waals surface area contributed by atoms with E-state index in [0.29, 0.717) is 24.4 Å². The molecule has 2 heterocycles. The fraction of sp³-hybridized carbons (Fsp3) is 0.130. The van der Waals surface area contributed by atoms with Gasteiger partial charge in [-0.15, -0.1) is 0 Å². The number of para-hydroxylation sites is 2.